The third-order valence-electron chi connectivity index (χ3n) is 3.66. The minimum absolute atomic E-state index is 0. The lowest BCUT2D eigenvalue weighted by Crippen LogP contribution is -2.43. The monoisotopic (exact) mass is 353 g/mol. The molecule has 1 saturated heterocycles. The fourth-order valence-electron chi connectivity index (χ4n) is 2.48. The van der Waals surface area contributed by atoms with Crippen LogP contribution in [-0.2, 0) is 10.0 Å². The zero-order valence-corrected chi connectivity index (χ0v) is 14.2. The van der Waals surface area contributed by atoms with Crippen molar-refractivity contribution in [1.29, 1.82) is 0 Å². The second-order valence-corrected chi connectivity index (χ2v) is 6.88. The van der Waals surface area contributed by atoms with Crippen LogP contribution in [0.25, 0.3) is 0 Å². The molecule has 0 aromatic heterocycles. The molecule has 2 aromatic carbocycles. The van der Waals surface area contributed by atoms with Crippen molar-refractivity contribution in [2.24, 2.45) is 0 Å². The second-order valence-electron chi connectivity index (χ2n) is 5.20. The highest BCUT2D eigenvalue weighted by Gasteiger charge is 2.14. The molecule has 0 radical (unpaired) electrons. The van der Waals surface area contributed by atoms with Gasteiger partial charge in [0.2, 0.25) is 0 Å². The molecule has 0 spiro atoms. The zero-order valence-electron chi connectivity index (χ0n) is 12.6. The van der Waals surface area contributed by atoms with E-state index in [1.807, 2.05) is 12.1 Å². The van der Waals surface area contributed by atoms with Crippen LogP contribution in [0.5, 0.6) is 0 Å². The smallest absolute Gasteiger partial charge is 0.261 e. The molecule has 2 N–H and O–H groups in total. The van der Waals surface area contributed by atoms with E-state index in [1.165, 1.54) is 0 Å². The Hall–Kier alpha value is -1.76. The van der Waals surface area contributed by atoms with Crippen LogP contribution in [0.15, 0.2) is 59.5 Å². The second kappa shape index (κ2) is 7.68. The van der Waals surface area contributed by atoms with Crippen LogP contribution in [0, 0.1) is 0 Å². The number of nitrogens with zero attached hydrogens (tertiary/aromatic N) is 1. The maximum absolute atomic E-state index is 12.3. The summed E-state index contributed by atoms with van der Waals surface area (Å²) in [4.78, 5) is 2.55. The minimum Gasteiger partial charge on any atom is -0.369 e. The molecule has 2 aromatic rings. The van der Waals surface area contributed by atoms with Crippen LogP contribution < -0.4 is 14.9 Å². The average Bonchev–Trinajstić information content (AvgIpc) is 2.57. The Balaban J connectivity index is 0.00000192. The first-order chi connectivity index (χ1) is 10.6. The van der Waals surface area contributed by atoms with Gasteiger partial charge in [-0.3, -0.25) is 4.72 Å². The molecular weight excluding hydrogens is 334 g/mol. The normalized spacial score (nSPS) is 14.9. The van der Waals surface area contributed by atoms with Crippen molar-refractivity contribution in [3.05, 3.63) is 54.6 Å². The Morgan fingerprint density at radius 2 is 1.52 bits per heavy atom. The van der Waals surface area contributed by atoms with Crippen molar-refractivity contribution >= 4 is 33.8 Å². The summed E-state index contributed by atoms with van der Waals surface area (Å²) in [5, 5.41) is 3.31. The van der Waals surface area contributed by atoms with Gasteiger partial charge < -0.3 is 10.2 Å². The summed E-state index contributed by atoms with van der Waals surface area (Å²) in [7, 11) is -3.52. The molecule has 1 aliphatic rings. The number of hydrogen-bond donors (Lipinski definition) is 2. The summed E-state index contributed by atoms with van der Waals surface area (Å²) in [5.74, 6) is 0. The molecule has 1 fully saturated rings. The van der Waals surface area contributed by atoms with E-state index in [9.17, 15) is 8.42 Å². The number of rotatable bonds is 4. The van der Waals surface area contributed by atoms with Crippen LogP contribution in [0.3, 0.4) is 0 Å². The number of piperazine rings is 1. The third kappa shape index (κ3) is 4.37. The summed E-state index contributed by atoms with van der Waals surface area (Å²) < 4.78 is 27.1. The lowest BCUT2D eigenvalue weighted by molar-refractivity contribution is 0.589. The molecule has 0 unspecified atom stereocenters. The predicted molar refractivity (Wildman–Crippen MR) is 96.0 cm³/mol. The van der Waals surface area contributed by atoms with Gasteiger partial charge in [-0.2, -0.15) is 0 Å². The number of anilines is 2. The summed E-state index contributed by atoms with van der Waals surface area (Å²) in [5.41, 5.74) is 1.69. The summed E-state index contributed by atoms with van der Waals surface area (Å²) in [6.45, 7) is 3.88. The molecule has 1 aliphatic heterocycles. The Morgan fingerprint density at radius 3 is 2.13 bits per heavy atom. The van der Waals surface area contributed by atoms with Gasteiger partial charge in [0, 0.05) is 37.6 Å². The van der Waals surface area contributed by atoms with E-state index in [0.29, 0.717) is 5.69 Å². The van der Waals surface area contributed by atoms with E-state index in [4.69, 9.17) is 0 Å². The van der Waals surface area contributed by atoms with E-state index in [-0.39, 0.29) is 17.3 Å². The molecule has 7 heteroatoms. The van der Waals surface area contributed by atoms with Crippen molar-refractivity contribution in [2.75, 3.05) is 35.8 Å². The molecule has 0 bridgehead atoms. The van der Waals surface area contributed by atoms with Gasteiger partial charge in [-0.15, -0.1) is 12.4 Å². The van der Waals surface area contributed by atoms with Crippen molar-refractivity contribution in [1.82, 2.24) is 5.32 Å². The first-order valence-corrected chi connectivity index (χ1v) is 8.77. The first kappa shape index (κ1) is 17.6. The number of halogens is 1. The Bertz CT molecular complexity index is 715. The van der Waals surface area contributed by atoms with Crippen molar-refractivity contribution in [3.63, 3.8) is 0 Å². The summed E-state index contributed by atoms with van der Waals surface area (Å²) in [6, 6.07) is 15.9. The van der Waals surface area contributed by atoms with Gasteiger partial charge in [0.05, 0.1) is 4.90 Å². The van der Waals surface area contributed by atoms with E-state index >= 15 is 0 Å². The van der Waals surface area contributed by atoms with E-state index < -0.39 is 10.0 Å². The number of nitrogens with one attached hydrogen (secondary N) is 2. The van der Waals surface area contributed by atoms with Gasteiger partial charge in [-0.1, -0.05) is 18.2 Å². The molecule has 5 nitrogen and oxygen atoms in total. The van der Waals surface area contributed by atoms with Crippen molar-refractivity contribution < 1.29 is 8.42 Å². The van der Waals surface area contributed by atoms with E-state index in [1.54, 1.807) is 42.5 Å². The van der Waals surface area contributed by atoms with E-state index in [0.717, 1.165) is 31.9 Å². The molecule has 0 amide bonds. The SMILES string of the molecule is Cl.O=S(=O)(Nc1ccc(N2CCNCC2)cc1)c1ccccc1. The molecule has 23 heavy (non-hydrogen) atoms. The van der Waals surface area contributed by atoms with Gasteiger partial charge in [0.1, 0.15) is 0 Å². The van der Waals surface area contributed by atoms with E-state index in [2.05, 4.69) is 14.9 Å². The fraction of sp³-hybridized carbons (Fsp3) is 0.250. The van der Waals surface area contributed by atoms with Gasteiger partial charge in [0.15, 0.2) is 0 Å². The highest BCUT2D eigenvalue weighted by Crippen LogP contribution is 2.20. The molecule has 1 heterocycles. The topological polar surface area (TPSA) is 61.4 Å². The maximum atomic E-state index is 12.3. The minimum atomic E-state index is -3.52. The van der Waals surface area contributed by atoms with Crippen LogP contribution in [0.4, 0.5) is 11.4 Å². The largest absolute Gasteiger partial charge is 0.369 e. The first-order valence-electron chi connectivity index (χ1n) is 7.29. The van der Waals surface area contributed by atoms with Crippen LogP contribution >= 0.6 is 12.4 Å². The molecule has 3 rings (SSSR count). The summed E-state index contributed by atoms with van der Waals surface area (Å²) in [6.07, 6.45) is 0. The highest BCUT2D eigenvalue weighted by molar-refractivity contribution is 7.92. The van der Waals surface area contributed by atoms with Gasteiger partial charge in [-0.05, 0) is 36.4 Å². The van der Waals surface area contributed by atoms with Crippen LogP contribution in [-0.4, -0.2) is 34.6 Å². The molecule has 0 aliphatic carbocycles. The average molecular weight is 354 g/mol. The molecule has 0 atom stereocenters. The molecule has 0 saturated carbocycles. The highest BCUT2D eigenvalue weighted by atomic mass is 35.5. The third-order valence-corrected chi connectivity index (χ3v) is 5.05. The van der Waals surface area contributed by atoms with Crippen molar-refractivity contribution in [3.8, 4) is 0 Å². The molecular formula is C16H20ClN3O2S. The zero-order chi connectivity index (χ0) is 15.4. The standard InChI is InChI=1S/C16H19N3O2S.ClH/c20-22(21,16-4-2-1-3-5-16)18-14-6-8-15(9-7-14)19-12-10-17-11-13-19;/h1-9,17-18H,10-13H2;1H. The van der Waals surface area contributed by atoms with Gasteiger partial charge in [-0.25, -0.2) is 8.42 Å². The quantitative estimate of drug-likeness (QED) is 0.885. The van der Waals surface area contributed by atoms with Gasteiger partial charge >= 0.3 is 0 Å². The van der Waals surface area contributed by atoms with Crippen molar-refractivity contribution in [2.45, 2.75) is 4.90 Å². The van der Waals surface area contributed by atoms with Crippen LogP contribution in [0.1, 0.15) is 0 Å². The Morgan fingerprint density at radius 1 is 0.913 bits per heavy atom. The number of sulfonamides is 1. The lowest BCUT2D eigenvalue weighted by atomic mass is 10.2. The Labute approximate surface area is 143 Å². The number of benzene rings is 2. The Kier molecular flexibility index (Phi) is 5.87. The molecule has 124 valence electrons. The summed E-state index contributed by atoms with van der Waals surface area (Å²) >= 11 is 0. The lowest BCUT2D eigenvalue weighted by Gasteiger charge is -2.29. The van der Waals surface area contributed by atoms with Gasteiger partial charge in [0.25, 0.3) is 10.0 Å². The number of hydrogen-bond acceptors (Lipinski definition) is 4. The maximum Gasteiger partial charge on any atom is 0.261 e. The predicted octanol–water partition coefficient (Wildman–Crippen LogP) is 2.32. The van der Waals surface area contributed by atoms with Crippen LogP contribution in [0.2, 0.25) is 0 Å². The fourth-order valence-corrected chi connectivity index (χ4v) is 3.56.